The van der Waals surface area contributed by atoms with Crippen LogP contribution < -0.4 is 4.90 Å². The highest BCUT2D eigenvalue weighted by Gasteiger charge is 2.18. The third-order valence-corrected chi connectivity index (χ3v) is 6.01. The first kappa shape index (κ1) is 24.8. The van der Waals surface area contributed by atoms with Crippen LogP contribution in [0.3, 0.4) is 0 Å². The average Bonchev–Trinajstić information content (AvgIpc) is 2.99. The first-order chi connectivity index (χ1) is 15.5. The van der Waals surface area contributed by atoms with Crippen LogP contribution in [0, 0.1) is 0 Å². The number of hydrogen-bond acceptors (Lipinski definition) is 4. The number of ether oxygens (including phenoxy) is 1. The molecule has 3 aromatic rings. The molecule has 0 saturated carbocycles. The van der Waals surface area contributed by atoms with Crippen LogP contribution in [-0.2, 0) is 11.3 Å². The molecule has 170 valence electrons. The molecule has 0 bridgehead atoms. The van der Waals surface area contributed by atoms with Crippen molar-refractivity contribution >= 4 is 59.1 Å². The lowest BCUT2D eigenvalue weighted by Crippen LogP contribution is -2.25. The van der Waals surface area contributed by atoms with Crippen molar-refractivity contribution < 1.29 is 9.53 Å². The van der Waals surface area contributed by atoms with E-state index in [1.165, 1.54) is 7.11 Å². The summed E-state index contributed by atoms with van der Waals surface area (Å²) in [5, 5.41) is 1.06. The summed E-state index contributed by atoms with van der Waals surface area (Å²) in [6, 6.07) is 21.3. The molecule has 0 saturated heterocycles. The van der Waals surface area contributed by atoms with Crippen LogP contribution in [0.5, 0.6) is 0 Å². The molecule has 4 rings (SSSR count). The van der Waals surface area contributed by atoms with Crippen LogP contribution in [0.1, 0.15) is 27.0 Å². The molecule has 33 heavy (non-hydrogen) atoms. The summed E-state index contributed by atoms with van der Waals surface area (Å²) in [4.78, 5) is 19.0. The summed E-state index contributed by atoms with van der Waals surface area (Å²) in [5.74, 6) is -0.332. The van der Waals surface area contributed by atoms with Gasteiger partial charge in [-0.1, -0.05) is 65.7 Å². The molecular formula is C26H23Cl3N2O2. The standard InChI is InChI=1S/C26H22Cl2N2O2.ClH/c1-32-26(31)20-6-4-5-19(15-20)17-30-14-13-29-24(21-7-2-3-8-25(21)30)12-10-18-9-11-22(27)23(28)16-18;/h2-12,15-16H,13-14,17H2,1H3;1H. The molecule has 0 N–H and O–H groups in total. The summed E-state index contributed by atoms with van der Waals surface area (Å²) >= 11 is 12.2. The summed E-state index contributed by atoms with van der Waals surface area (Å²) in [6.07, 6.45) is 4.01. The number of esters is 1. The second-order valence-electron chi connectivity index (χ2n) is 7.40. The minimum Gasteiger partial charge on any atom is -0.465 e. The van der Waals surface area contributed by atoms with Crippen molar-refractivity contribution in [3.63, 3.8) is 0 Å². The van der Waals surface area contributed by atoms with Crippen LogP contribution in [0.2, 0.25) is 10.0 Å². The molecule has 3 aromatic carbocycles. The van der Waals surface area contributed by atoms with Gasteiger partial charge in [0.15, 0.2) is 0 Å². The number of rotatable bonds is 5. The van der Waals surface area contributed by atoms with Gasteiger partial charge in [0.25, 0.3) is 0 Å². The molecule has 4 nitrogen and oxygen atoms in total. The van der Waals surface area contributed by atoms with Crippen LogP contribution >= 0.6 is 35.6 Å². The van der Waals surface area contributed by atoms with E-state index in [4.69, 9.17) is 32.9 Å². The maximum Gasteiger partial charge on any atom is 0.337 e. The summed E-state index contributed by atoms with van der Waals surface area (Å²) in [6.45, 7) is 2.09. The Hall–Kier alpha value is -2.79. The Kier molecular flexibility index (Phi) is 8.56. The fourth-order valence-electron chi connectivity index (χ4n) is 3.70. The molecule has 0 amide bonds. The fourth-order valence-corrected chi connectivity index (χ4v) is 4.00. The van der Waals surface area contributed by atoms with Gasteiger partial charge < -0.3 is 9.64 Å². The maximum absolute atomic E-state index is 11.9. The molecule has 1 aliphatic rings. The average molecular weight is 502 g/mol. The third kappa shape index (κ3) is 5.97. The number of allylic oxidation sites excluding steroid dienone is 1. The minimum absolute atomic E-state index is 0. The van der Waals surface area contributed by atoms with Gasteiger partial charge in [0.05, 0.1) is 35.0 Å². The van der Waals surface area contributed by atoms with Crippen LogP contribution in [0.15, 0.2) is 77.8 Å². The van der Waals surface area contributed by atoms with Gasteiger partial charge in [0, 0.05) is 24.3 Å². The first-order valence-electron chi connectivity index (χ1n) is 10.2. The zero-order valence-electron chi connectivity index (χ0n) is 18.0. The number of benzodiazepines with no additional fused rings is 1. The lowest BCUT2D eigenvalue weighted by molar-refractivity contribution is 0.0600. The number of anilines is 1. The van der Waals surface area contributed by atoms with Crippen molar-refractivity contribution in [2.45, 2.75) is 6.54 Å². The van der Waals surface area contributed by atoms with Crippen LogP contribution in [0.25, 0.3) is 6.08 Å². The molecule has 0 aliphatic carbocycles. The number of benzene rings is 3. The number of fused-ring (bicyclic) bond motifs is 1. The van der Waals surface area contributed by atoms with E-state index in [1.54, 1.807) is 12.1 Å². The van der Waals surface area contributed by atoms with Gasteiger partial charge >= 0.3 is 5.97 Å². The van der Waals surface area contributed by atoms with E-state index in [9.17, 15) is 4.79 Å². The quantitative estimate of drug-likeness (QED) is 0.364. The monoisotopic (exact) mass is 500 g/mol. The van der Waals surface area contributed by atoms with E-state index < -0.39 is 0 Å². The van der Waals surface area contributed by atoms with Crippen LogP contribution in [0.4, 0.5) is 5.69 Å². The van der Waals surface area contributed by atoms with Crippen molar-refractivity contribution in [3.05, 3.63) is 105 Å². The molecule has 0 atom stereocenters. The number of carbonyl (C=O) groups excluding carboxylic acids is 1. The maximum atomic E-state index is 11.9. The molecule has 0 spiro atoms. The van der Waals surface area contributed by atoms with Gasteiger partial charge in [-0.05, 0) is 47.5 Å². The van der Waals surface area contributed by atoms with E-state index in [2.05, 4.69) is 17.0 Å². The summed E-state index contributed by atoms with van der Waals surface area (Å²) in [7, 11) is 1.39. The van der Waals surface area contributed by atoms with Gasteiger partial charge in [0.1, 0.15) is 0 Å². The normalized spacial score (nSPS) is 13.1. The topological polar surface area (TPSA) is 41.9 Å². The van der Waals surface area contributed by atoms with Gasteiger partial charge in [0.2, 0.25) is 0 Å². The van der Waals surface area contributed by atoms with Crippen molar-refractivity contribution in [1.29, 1.82) is 0 Å². The lowest BCUT2D eigenvalue weighted by atomic mass is 10.0. The predicted molar refractivity (Wildman–Crippen MR) is 139 cm³/mol. The highest BCUT2D eigenvalue weighted by atomic mass is 35.5. The smallest absolute Gasteiger partial charge is 0.337 e. The molecule has 1 heterocycles. The molecular weight excluding hydrogens is 479 g/mol. The Balaban J connectivity index is 0.00000306. The largest absolute Gasteiger partial charge is 0.465 e. The number of aliphatic imine (C=N–C) groups is 1. The van der Waals surface area contributed by atoms with Crippen LogP contribution in [-0.4, -0.2) is 31.9 Å². The third-order valence-electron chi connectivity index (χ3n) is 5.27. The zero-order valence-corrected chi connectivity index (χ0v) is 20.3. The first-order valence-corrected chi connectivity index (χ1v) is 11.0. The molecule has 0 fully saturated rings. The second-order valence-corrected chi connectivity index (χ2v) is 8.22. The van der Waals surface area contributed by atoms with Crippen molar-refractivity contribution in [3.8, 4) is 0 Å². The van der Waals surface area contributed by atoms with Gasteiger partial charge in [-0.25, -0.2) is 4.79 Å². The number of nitrogens with zero attached hydrogens (tertiary/aromatic N) is 2. The number of para-hydroxylation sites is 1. The summed E-state index contributed by atoms with van der Waals surface area (Å²) < 4.78 is 4.85. The lowest BCUT2D eigenvalue weighted by Gasteiger charge is -2.25. The molecule has 0 unspecified atom stereocenters. The Morgan fingerprint density at radius 1 is 1.03 bits per heavy atom. The van der Waals surface area contributed by atoms with E-state index >= 15 is 0 Å². The number of methoxy groups -OCH3 is 1. The Bertz CT molecular complexity index is 1210. The van der Waals surface area contributed by atoms with E-state index in [0.29, 0.717) is 28.7 Å². The van der Waals surface area contributed by atoms with E-state index in [-0.39, 0.29) is 18.4 Å². The molecule has 0 aromatic heterocycles. The highest BCUT2D eigenvalue weighted by Crippen LogP contribution is 2.27. The molecule has 7 heteroatoms. The molecule has 1 aliphatic heterocycles. The molecule has 0 radical (unpaired) electrons. The Morgan fingerprint density at radius 3 is 2.64 bits per heavy atom. The number of halogens is 3. The number of carbonyl (C=O) groups is 1. The van der Waals surface area contributed by atoms with Gasteiger partial charge in [-0.2, -0.15) is 0 Å². The SMILES string of the molecule is COC(=O)c1cccc(CN2CCN=C(C=Cc3ccc(Cl)c(Cl)c3)c3ccccc32)c1.Cl. The zero-order chi connectivity index (χ0) is 22.5. The van der Waals surface area contributed by atoms with Crippen molar-refractivity contribution in [2.75, 3.05) is 25.1 Å². The Morgan fingerprint density at radius 2 is 1.85 bits per heavy atom. The van der Waals surface area contributed by atoms with E-state index in [0.717, 1.165) is 34.6 Å². The van der Waals surface area contributed by atoms with E-state index in [1.807, 2.05) is 54.6 Å². The second kappa shape index (κ2) is 11.4. The van der Waals surface area contributed by atoms with Crippen molar-refractivity contribution in [1.82, 2.24) is 0 Å². The predicted octanol–water partition coefficient (Wildman–Crippen LogP) is 6.72. The van der Waals surface area contributed by atoms with Crippen molar-refractivity contribution in [2.24, 2.45) is 4.99 Å². The van der Waals surface area contributed by atoms with Gasteiger partial charge in [-0.3, -0.25) is 4.99 Å². The van der Waals surface area contributed by atoms with Gasteiger partial charge in [-0.15, -0.1) is 12.4 Å². The highest BCUT2D eigenvalue weighted by molar-refractivity contribution is 6.42. The summed E-state index contributed by atoms with van der Waals surface area (Å²) in [5.41, 5.74) is 5.63. The minimum atomic E-state index is -0.332. The Labute approximate surface area is 209 Å². The number of hydrogen-bond donors (Lipinski definition) is 0. The fraction of sp³-hybridized carbons (Fsp3) is 0.154.